The Morgan fingerprint density at radius 2 is 2.00 bits per heavy atom. The third-order valence-corrected chi connectivity index (χ3v) is 2.98. The number of aryl methyl sites for hydroxylation is 1. The van der Waals surface area contributed by atoms with Crippen LogP contribution in [0.4, 0.5) is 0 Å². The molecule has 1 atom stereocenters. The van der Waals surface area contributed by atoms with Crippen molar-refractivity contribution in [2.24, 2.45) is 11.1 Å². The van der Waals surface area contributed by atoms with Gasteiger partial charge in [-0.3, -0.25) is 0 Å². The molecule has 2 N–H and O–H groups in total. The van der Waals surface area contributed by atoms with Crippen molar-refractivity contribution in [3.8, 4) is 0 Å². The highest BCUT2D eigenvalue weighted by atomic mass is 35.5. The number of hydrogen-bond donors (Lipinski definition) is 1. The second-order valence-corrected chi connectivity index (χ2v) is 5.58. The number of halogens is 1. The quantitative estimate of drug-likeness (QED) is 0.835. The standard InChI is InChI=1S/C13H20ClN/c1-13(2,3)12(15)8-7-10-5-4-6-11(14)9-10/h4-6,9,12H,7-8,15H2,1-3H3. The summed E-state index contributed by atoms with van der Waals surface area (Å²) in [6.45, 7) is 6.53. The van der Waals surface area contributed by atoms with E-state index in [1.54, 1.807) is 0 Å². The first kappa shape index (κ1) is 12.5. The lowest BCUT2D eigenvalue weighted by Gasteiger charge is -2.27. The van der Waals surface area contributed by atoms with Gasteiger partial charge in [0.05, 0.1) is 0 Å². The predicted molar refractivity (Wildman–Crippen MR) is 67.2 cm³/mol. The van der Waals surface area contributed by atoms with E-state index in [0.717, 1.165) is 17.9 Å². The Bertz CT molecular complexity index is 315. The van der Waals surface area contributed by atoms with Crippen LogP contribution >= 0.6 is 11.6 Å². The van der Waals surface area contributed by atoms with Gasteiger partial charge in [0, 0.05) is 11.1 Å². The van der Waals surface area contributed by atoms with Crippen LogP contribution in [0.3, 0.4) is 0 Å². The number of benzene rings is 1. The van der Waals surface area contributed by atoms with Gasteiger partial charge in [0.1, 0.15) is 0 Å². The molecule has 0 aromatic heterocycles. The van der Waals surface area contributed by atoms with Gasteiger partial charge in [-0.15, -0.1) is 0 Å². The van der Waals surface area contributed by atoms with Gasteiger partial charge in [0.2, 0.25) is 0 Å². The fraction of sp³-hybridized carbons (Fsp3) is 0.538. The summed E-state index contributed by atoms with van der Waals surface area (Å²) >= 11 is 5.92. The van der Waals surface area contributed by atoms with Gasteiger partial charge in [-0.05, 0) is 36.0 Å². The van der Waals surface area contributed by atoms with Gasteiger partial charge in [-0.1, -0.05) is 44.5 Å². The Balaban J connectivity index is 2.51. The van der Waals surface area contributed by atoms with Crippen molar-refractivity contribution in [2.45, 2.75) is 39.7 Å². The van der Waals surface area contributed by atoms with Crippen LogP contribution in [0.1, 0.15) is 32.8 Å². The maximum absolute atomic E-state index is 6.10. The topological polar surface area (TPSA) is 26.0 Å². The van der Waals surface area contributed by atoms with Gasteiger partial charge < -0.3 is 5.73 Å². The highest BCUT2D eigenvalue weighted by molar-refractivity contribution is 6.30. The van der Waals surface area contributed by atoms with E-state index in [1.165, 1.54) is 5.56 Å². The van der Waals surface area contributed by atoms with E-state index in [1.807, 2.05) is 18.2 Å². The molecule has 0 aliphatic carbocycles. The summed E-state index contributed by atoms with van der Waals surface area (Å²) in [7, 11) is 0. The van der Waals surface area contributed by atoms with Crippen LogP contribution in [0, 0.1) is 5.41 Å². The van der Waals surface area contributed by atoms with Crippen molar-refractivity contribution in [3.05, 3.63) is 34.9 Å². The number of hydrogen-bond acceptors (Lipinski definition) is 1. The molecule has 84 valence electrons. The van der Waals surface area contributed by atoms with Gasteiger partial charge in [0.25, 0.3) is 0 Å². The minimum absolute atomic E-state index is 0.179. The Morgan fingerprint density at radius 3 is 2.53 bits per heavy atom. The summed E-state index contributed by atoms with van der Waals surface area (Å²) in [5.41, 5.74) is 7.55. The molecule has 1 nitrogen and oxygen atoms in total. The smallest absolute Gasteiger partial charge is 0.0408 e. The van der Waals surface area contributed by atoms with E-state index in [0.29, 0.717) is 0 Å². The molecule has 0 bridgehead atoms. The number of nitrogens with two attached hydrogens (primary N) is 1. The van der Waals surface area contributed by atoms with Crippen LogP contribution < -0.4 is 5.73 Å². The van der Waals surface area contributed by atoms with E-state index in [4.69, 9.17) is 17.3 Å². The van der Waals surface area contributed by atoms with Gasteiger partial charge >= 0.3 is 0 Å². The Hall–Kier alpha value is -0.530. The molecule has 1 unspecified atom stereocenters. The summed E-state index contributed by atoms with van der Waals surface area (Å²) in [4.78, 5) is 0. The molecule has 0 aliphatic heterocycles. The molecule has 0 heterocycles. The Labute approximate surface area is 97.6 Å². The van der Waals surface area contributed by atoms with E-state index in [2.05, 4.69) is 26.8 Å². The summed E-state index contributed by atoms with van der Waals surface area (Å²) < 4.78 is 0. The van der Waals surface area contributed by atoms with Crippen molar-refractivity contribution in [1.29, 1.82) is 0 Å². The summed E-state index contributed by atoms with van der Waals surface area (Å²) in [5, 5.41) is 0.803. The lowest BCUT2D eigenvalue weighted by Crippen LogP contribution is -2.35. The maximum atomic E-state index is 6.10. The number of rotatable bonds is 3. The predicted octanol–water partition coefficient (Wildman–Crippen LogP) is 3.65. The van der Waals surface area contributed by atoms with Crippen LogP contribution in [-0.4, -0.2) is 6.04 Å². The molecule has 0 radical (unpaired) electrons. The highest BCUT2D eigenvalue weighted by Gasteiger charge is 2.19. The van der Waals surface area contributed by atoms with Crippen molar-refractivity contribution < 1.29 is 0 Å². The zero-order valence-corrected chi connectivity index (χ0v) is 10.5. The van der Waals surface area contributed by atoms with Crippen molar-refractivity contribution in [3.63, 3.8) is 0 Å². The fourth-order valence-corrected chi connectivity index (χ4v) is 1.66. The second-order valence-electron chi connectivity index (χ2n) is 5.14. The molecule has 0 spiro atoms. The molecule has 15 heavy (non-hydrogen) atoms. The molecular formula is C13H20ClN. The molecule has 0 saturated heterocycles. The average molecular weight is 226 g/mol. The third kappa shape index (κ3) is 4.23. The molecule has 0 fully saturated rings. The maximum Gasteiger partial charge on any atom is 0.0408 e. The molecule has 1 rings (SSSR count). The van der Waals surface area contributed by atoms with Gasteiger partial charge in [-0.25, -0.2) is 0 Å². The average Bonchev–Trinajstić information content (AvgIpc) is 2.12. The zero-order valence-electron chi connectivity index (χ0n) is 9.76. The minimum Gasteiger partial charge on any atom is -0.327 e. The summed E-state index contributed by atoms with van der Waals surface area (Å²) in [5.74, 6) is 0. The monoisotopic (exact) mass is 225 g/mol. The minimum atomic E-state index is 0.179. The summed E-state index contributed by atoms with van der Waals surface area (Å²) in [6.07, 6.45) is 2.00. The van der Waals surface area contributed by atoms with Gasteiger partial charge in [0.15, 0.2) is 0 Å². The first-order valence-electron chi connectivity index (χ1n) is 5.39. The summed E-state index contributed by atoms with van der Waals surface area (Å²) in [6, 6.07) is 8.23. The van der Waals surface area contributed by atoms with Crippen molar-refractivity contribution in [2.75, 3.05) is 0 Å². The normalized spacial score (nSPS) is 13.9. The zero-order chi connectivity index (χ0) is 11.5. The molecule has 2 heteroatoms. The molecular weight excluding hydrogens is 206 g/mol. The first-order valence-corrected chi connectivity index (χ1v) is 5.77. The Kier molecular flexibility index (Phi) is 4.18. The van der Waals surface area contributed by atoms with Crippen LogP contribution in [0.15, 0.2) is 24.3 Å². The third-order valence-electron chi connectivity index (χ3n) is 2.75. The molecule has 1 aromatic rings. The van der Waals surface area contributed by atoms with Crippen LogP contribution in [-0.2, 0) is 6.42 Å². The van der Waals surface area contributed by atoms with E-state index in [-0.39, 0.29) is 11.5 Å². The van der Waals surface area contributed by atoms with E-state index < -0.39 is 0 Å². The van der Waals surface area contributed by atoms with E-state index >= 15 is 0 Å². The van der Waals surface area contributed by atoms with Crippen LogP contribution in [0.25, 0.3) is 0 Å². The SMILES string of the molecule is CC(C)(C)C(N)CCc1cccc(Cl)c1. The van der Waals surface area contributed by atoms with Gasteiger partial charge in [-0.2, -0.15) is 0 Å². The largest absolute Gasteiger partial charge is 0.327 e. The molecule has 0 aliphatic rings. The second kappa shape index (κ2) is 5.00. The molecule has 1 aromatic carbocycles. The lowest BCUT2D eigenvalue weighted by molar-refractivity contribution is 0.306. The first-order chi connectivity index (χ1) is 6.89. The molecule has 0 saturated carbocycles. The fourth-order valence-electron chi connectivity index (χ4n) is 1.45. The van der Waals surface area contributed by atoms with Crippen molar-refractivity contribution in [1.82, 2.24) is 0 Å². The lowest BCUT2D eigenvalue weighted by atomic mass is 9.84. The van der Waals surface area contributed by atoms with Crippen LogP contribution in [0.5, 0.6) is 0 Å². The highest BCUT2D eigenvalue weighted by Crippen LogP contribution is 2.21. The Morgan fingerprint density at radius 1 is 1.33 bits per heavy atom. The van der Waals surface area contributed by atoms with Crippen molar-refractivity contribution >= 4 is 11.6 Å². The van der Waals surface area contributed by atoms with Crippen LogP contribution in [0.2, 0.25) is 5.02 Å². The van der Waals surface area contributed by atoms with E-state index in [9.17, 15) is 0 Å². The molecule has 0 amide bonds.